The molecule has 4 aromatic rings. The number of rotatable bonds is 6. The van der Waals surface area contributed by atoms with Gasteiger partial charge in [-0.1, -0.05) is 36.4 Å². The summed E-state index contributed by atoms with van der Waals surface area (Å²) in [5.41, 5.74) is 15.7. The van der Waals surface area contributed by atoms with Gasteiger partial charge in [-0.25, -0.2) is 9.78 Å². The quantitative estimate of drug-likeness (QED) is 0.421. The van der Waals surface area contributed by atoms with E-state index in [4.69, 9.17) is 20.9 Å². The van der Waals surface area contributed by atoms with Crippen LogP contribution in [-0.4, -0.2) is 35.3 Å². The monoisotopic (exact) mass is 430 g/mol. The minimum atomic E-state index is -1.13. The van der Waals surface area contributed by atoms with Crippen LogP contribution in [0.3, 0.4) is 0 Å². The van der Waals surface area contributed by atoms with Gasteiger partial charge in [-0.05, 0) is 41.3 Å². The lowest BCUT2D eigenvalue weighted by molar-refractivity contribution is 0.0689. The van der Waals surface area contributed by atoms with Crippen LogP contribution in [0.15, 0.2) is 54.6 Å². The van der Waals surface area contributed by atoms with E-state index in [1.807, 2.05) is 48.5 Å². The van der Waals surface area contributed by atoms with Gasteiger partial charge >= 0.3 is 5.97 Å². The Labute approximate surface area is 184 Å². The van der Waals surface area contributed by atoms with Gasteiger partial charge in [0.15, 0.2) is 0 Å². The van der Waals surface area contributed by atoms with Crippen molar-refractivity contribution in [2.75, 3.05) is 25.7 Å². The van der Waals surface area contributed by atoms with E-state index in [0.29, 0.717) is 28.7 Å². The highest BCUT2D eigenvalue weighted by atomic mass is 16.5. The normalized spacial score (nSPS) is 10.8. The van der Waals surface area contributed by atoms with Crippen LogP contribution in [0.25, 0.3) is 22.0 Å². The number of methoxy groups -OCH3 is 2. The zero-order valence-corrected chi connectivity index (χ0v) is 17.6. The molecule has 8 nitrogen and oxygen atoms in total. The number of nitrogens with two attached hydrogens (primary N) is 2. The average Bonchev–Trinajstić information content (AvgIpc) is 2.78. The van der Waals surface area contributed by atoms with Gasteiger partial charge in [0.2, 0.25) is 5.95 Å². The van der Waals surface area contributed by atoms with Gasteiger partial charge in [0.05, 0.1) is 19.7 Å². The molecule has 0 unspecified atom stereocenters. The third kappa shape index (κ3) is 3.74. The molecule has 32 heavy (non-hydrogen) atoms. The first kappa shape index (κ1) is 20.9. The molecular weight excluding hydrogens is 408 g/mol. The lowest BCUT2D eigenvalue weighted by Crippen LogP contribution is -2.08. The van der Waals surface area contributed by atoms with Crippen molar-refractivity contribution in [3.63, 3.8) is 0 Å². The number of hydrogen-bond acceptors (Lipinski definition) is 7. The summed E-state index contributed by atoms with van der Waals surface area (Å²) < 4.78 is 11.0. The predicted molar refractivity (Wildman–Crippen MR) is 123 cm³/mol. The molecule has 8 heteroatoms. The molecule has 0 spiro atoms. The second kappa shape index (κ2) is 8.43. The summed E-state index contributed by atoms with van der Waals surface area (Å²) in [5, 5.41) is 10.5. The molecule has 4 rings (SSSR count). The minimum absolute atomic E-state index is 0.0239. The van der Waals surface area contributed by atoms with Crippen molar-refractivity contribution in [1.29, 1.82) is 0 Å². The smallest absolute Gasteiger partial charge is 0.343 e. The van der Waals surface area contributed by atoms with Crippen molar-refractivity contribution in [1.82, 2.24) is 9.97 Å². The van der Waals surface area contributed by atoms with E-state index in [9.17, 15) is 9.90 Å². The molecule has 0 aliphatic rings. The number of nitrogen functional groups attached to an aromatic ring is 2. The van der Waals surface area contributed by atoms with E-state index in [1.54, 1.807) is 6.07 Å². The van der Waals surface area contributed by atoms with Crippen LogP contribution in [-0.2, 0) is 6.42 Å². The number of hydrogen-bond donors (Lipinski definition) is 3. The zero-order chi connectivity index (χ0) is 22.8. The molecular formula is C24H22N4O4. The van der Waals surface area contributed by atoms with E-state index in [2.05, 4.69) is 9.97 Å². The Morgan fingerprint density at radius 1 is 1.00 bits per heavy atom. The number of carboxylic acid groups (broad SMARTS) is 1. The number of nitrogens with zero attached hydrogens (tertiary/aromatic N) is 2. The van der Waals surface area contributed by atoms with E-state index in [0.717, 1.165) is 16.7 Å². The number of aromatic nitrogens is 2. The highest BCUT2D eigenvalue weighted by molar-refractivity contribution is 5.98. The Morgan fingerprint density at radius 3 is 2.41 bits per heavy atom. The zero-order valence-electron chi connectivity index (χ0n) is 17.6. The van der Waals surface area contributed by atoms with Crippen LogP contribution in [0.4, 0.5) is 11.8 Å². The van der Waals surface area contributed by atoms with E-state index in [-0.39, 0.29) is 23.0 Å². The Balaban J connectivity index is 1.94. The van der Waals surface area contributed by atoms with Crippen LogP contribution >= 0.6 is 0 Å². The van der Waals surface area contributed by atoms with Crippen molar-refractivity contribution < 1.29 is 19.4 Å². The van der Waals surface area contributed by atoms with Gasteiger partial charge < -0.3 is 26.0 Å². The summed E-state index contributed by atoms with van der Waals surface area (Å²) in [4.78, 5) is 20.3. The highest BCUT2D eigenvalue weighted by Gasteiger charge is 2.25. The van der Waals surface area contributed by atoms with Crippen LogP contribution in [0.1, 0.15) is 21.5 Å². The molecule has 0 saturated carbocycles. The maximum atomic E-state index is 12.0. The molecule has 0 radical (unpaired) electrons. The van der Waals surface area contributed by atoms with Gasteiger partial charge in [0.1, 0.15) is 22.9 Å². The summed E-state index contributed by atoms with van der Waals surface area (Å²) in [6.07, 6.45) is 0.469. The summed E-state index contributed by atoms with van der Waals surface area (Å²) in [6.45, 7) is 0. The molecule has 0 fully saturated rings. The first-order valence-corrected chi connectivity index (χ1v) is 9.81. The number of fused-ring (bicyclic) bond motifs is 1. The molecule has 5 N–H and O–H groups in total. The summed E-state index contributed by atoms with van der Waals surface area (Å²) in [5.74, 6) is -0.243. The molecule has 1 heterocycles. The van der Waals surface area contributed by atoms with E-state index >= 15 is 0 Å². The van der Waals surface area contributed by atoms with Crippen molar-refractivity contribution in [3.05, 3.63) is 71.3 Å². The van der Waals surface area contributed by atoms with Crippen LogP contribution in [0.5, 0.6) is 11.5 Å². The maximum absolute atomic E-state index is 12.0. The fourth-order valence-electron chi connectivity index (χ4n) is 3.86. The second-order valence-corrected chi connectivity index (χ2v) is 7.19. The Hall–Kier alpha value is -4.33. The highest BCUT2D eigenvalue weighted by Crippen LogP contribution is 2.42. The molecule has 1 aromatic heterocycles. The van der Waals surface area contributed by atoms with Crippen molar-refractivity contribution in [2.24, 2.45) is 0 Å². The average molecular weight is 430 g/mol. The Kier molecular flexibility index (Phi) is 5.51. The first-order valence-electron chi connectivity index (χ1n) is 9.81. The van der Waals surface area contributed by atoms with E-state index in [1.165, 1.54) is 14.2 Å². The third-order valence-corrected chi connectivity index (χ3v) is 5.23. The minimum Gasteiger partial charge on any atom is -0.496 e. The van der Waals surface area contributed by atoms with Crippen molar-refractivity contribution >= 4 is 28.6 Å². The number of carbonyl (C=O) groups is 1. The van der Waals surface area contributed by atoms with E-state index < -0.39 is 5.97 Å². The summed E-state index contributed by atoms with van der Waals surface area (Å²) >= 11 is 0. The Bertz CT molecular complexity index is 1320. The molecule has 3 aromatic carbocycles. The number of ether oxygens (including phenoxy) is 2. The lowest BCUT2D eigenvalue weighted by atomic mass is 9.91. The van der Waals surface area contributed by atoms with Crippen LogP contribution in [0, 0.1) is 0 Å². The predicted octanol–water partition coefficient (Wildman–Crippen LogP) is 3.77. The SMILES string of the molecule is COc1cc(Cc2ccc3nc(N)nc(N)c3c2)c(-c2ccccc2)c(OC)c1C(=O)O. The standard InChI is InChI=1S/C24H22N4O4/c1-31-18-12-15(10-13-8-9-17-16(11-13)22(25)28-24(26)27-17)19(14-6-4-3-5-7-14)21(32-2)20(18)23(29)30/h3-9,11-12H,10H2,1-2H3,(H,29,30)(H4,25,26,27,28). The number of benzene rings is 3. The molecule has 0 aliphatic carbocycles. The second-order valence-electron chi connectivity index (χ2n) is 7.19. The topological polar surface area (TPSA) is 134 Å². The number of anilines is 2. The molecule has 0 saturated heterocycles. The number of aromatic carboxylic acids is 1. The van der Waals surface area contributed by atoms with Gasteiger partial charge in [-0.15, -0.1) is 0 Å². The summed E-state index contributed by atoms with van der Waals surface area (Å²) in [7, 11) is 2.89. The lowest BCUT2D eigenvalue weighted by Gasteiger charge is -2.19. The van der Waals surface area contributed by atoms with Gasteiger partial charge in [0.25, 0.3) is 0 Å². The first-order chi connectivity index (χ1) is 15.4. The van der Waals surface area contributed by atoms with Gasteiger partial charge in [-0.3, -0.25) is 0 Å². The van der Waals surface area contributed by atoms with Crippen LogP contribution in [0.2, 0.25) is 0 Å². The molecule has 162 valence electrons. The van der Waals surface area contributed by atoms with Gasteiger partial charge in [0, 0.05) is 10.9 Å². The number of carboxylic acids is 1. The largest absolute Gasteiger partial charge is 0.496 e. The van der Waals surface area contributed by atoms with Crippen molar-refractivity contribution in [2.45, 2.75) is 6.42 Å². The molecule has 0 amide bonds. The molecule has 0 aliphatic heterocycles. The summed E-state index contributed by atoms with van der Waals surface area (Å²) in [6, 6.07) is 16.9. The molecule has 0 atom stereocenters. The molecule has 0 bridgehead atoms. The fraction of sp³-hybridized carbons (Fsp3) is 0.125. The van der Waals surface area contributed by atoms with Gasteiger partial charge in [-0.2, -0.15) is 4.98 Å². The van der Waals surface area contributed by atoms with Crippen LogP contribution < -0.4 is 20.9 Å². The maximum Gasteiger partial charge on any atom is 0.343 e. The third-order valence-electron chi connectivity index (χ3n) is 5.23. The Morgan fingerprint density at radius 2 is 1.75 bits per heavy atom. The van der Waals surface area contributed by atoms with Crippen molar-refractivity contribution in [3.8, 4) is 22.6 Å². The fourth-order valence-corrected chi connectivity index (χ4v) is 3.86.